The van der Waals surface area contributed by atoms with Crippen molar-refractivity contribution in [2.45, 2.75) is 0 Å². The number of hydrogen-bond acceptors (Lipinski definition) is 2. The highest BCUT2D eigenvalue weighted by Crippen LogP contribution is 1.98. The highest BCUT2D eigenvalue weighted by atomic mass is 32.1. The minimum absolute atomic E-state index is 1.05. The van der Waals surface area contributed by atoms with Crippen molar-refractivity contribution in [3.63, 3.8) is 0 Å². The molecule has 0 saturated heterocycles. The lowest BCUT2D eigenvalue weighted by Gasteiger charge is -1.88. The molecule has 0 aliphatic heterocycles. The van der Waals surface area contributed by atoms with Crippen LogP contribution in [0.15, 0.2) is 60.7 Å². The molecule has 0 bridgehead atoms. The van der Waals surface area contributed by atoms with E-state index in [4.69, 9.17) is 5.41 Å². The minimum Gasteiger partial charge on any atom is -0.248 e. The Morgan fingerprint density at radius 2 is 1.00 bits per heavy atom. The summed E-state index contributed by atoms with van der Waals surface area (Å²) in [5.74, 6) is 6.22. The van der Waals surface area contributed by atoms with Gasteiger partial charge in [0.15, 0.2) is 0 Å². The summed E-state index contributed by atoms with van der Waals surface area (Å²) >= 11 is 3.81. The number of nitrogens with one attached hydrogen (secondary N) is 1. The van der Waals surface area contributed by atoms with Crippen molar-refractivity contribution in [3.8, 4) is 11.8 Å². The lowest BCUT2D eigenvalue weighted by atomic mass is 10.2. The van der Waals surface area contributed by atoms with Crippen LogP contribution >= 0.6 is 12.2 Å². The van der Waals surface area contributed by atoms with Gasteiger partial charge in [0.1, 0.15) is 0 Å². The molecule has 2 heteroatoms. The summed E-state index contributed by atoms with van der Waals surface area (Å²) in [6.07, 6.45) is 0. The first-order chi connectivity index (χ1) is 8.36. The lowest BCUT2D eigenvalue weighted by Crippen LogP contribution is -1.73. The molecule has 1 nitrogen and oxygen atoms in total. The predicted octanol–water partition coefficient (Wildman–Crippen LogP) is 3.75. The normalized spacial score (nSPS) is 7.76. The van der Waals surface area contributed by atoms with E-state index in [9.17, 15) is 0 Å². The number of benzene rings is 2. The Morgan fingerprint density at radius 1 is 0.706 bits per heavy atom. The third kappa shape index (κ3) is 5.44. The Morgan fingerprint density at radius 3 is 1.29 bits per heavy atom. The average molecular weight is 237 g/mol. The summed E-state index contributed by atoms with van der Waals surface area (Å²) in [5.41, 5.74) is 2.10. The number of thiocarbonyl (C=S) groups is 1. The molecule has 0 radical (unpaired) electrons. The van der Waals surface area contributed by atoms with Gasteiger partial charge in [0.05, 0.1) is 5.16 Å². The SMILES string of the molecule is C(#Cc1ccccc1)c1ccccc1.N=C=S. The molecule has 0 heterocycles. The first kappa shape index (κ1) is 12.9. The van der Waals surface area contributed by atoms with E-state index in [1.807, 2.05) is 60.7 Å². The first-order valence-electron chi connectivity index (χ1n) is 5.03. The second-order valence-corrected chi connectivity index (χ2v) is 3.29. The zero-order chi connectivity index (χ0) is 12.3. The van der Waals surface area contributed by atoms with E-state index in [0.29, 0.717) is 0 Å². The van der Waals surface area contributed by atoms with Crippen LogP contribution in [0.2, 0.25) is 0 Å². The molecule has 2 aromatic rings. The van der Waals surface area contributed by atoms with Crippen LogP contribution in [0, 0.1) is 17.3 Å². The minimum atomic E-state index is 1.05. The Hall–Kier alpha value is -2.20. The monoisotopic (exact) mass is 237 g/mol. The van der Waals surface area contributed by atoms with Crippen LogP contribution in [0.5, 0.6) is 0 Å². The quantitative estimate of drug-likeness (QED) is 0.421. The lowest BCUT2D eigenvalue weighted by molar-refractivity contribution is 1.61. The number of isothiocyanates is 1. The summed E-state index contributed by atoms with van der Waals surface area (Å²) in [5, 5.41) is 7.36. The molecule has 0 aliphatic carbocycles. The summed E-state index contributed by atoms with van der Waals surface area (Å²) in [6, 6.07) is 20.0. The number of rotatable bonds is 0. The summed E-state index contributed by atoms with van der Waals surface area (Å²) < 4.78 is 0. The van der Waals surface area contributed by atoms with Crippen LogP contribution < -0.4 is 0 Å². The third-order valence-electron chi connectivity index (χ3n) is 1.90. The van der Waals surface area contributed by atoms with Crippen molar-refractivity contribution in [1.29, 1.82) is 5.41 Å². The van der Waals surface area contributed by atoms with Gasteiger partial charge >= 0.3 is 0 Å². The zero-order valence-electron chi connectivity index (χ0n) is 9.18. The Balaban J connectivity index is 0.000000437. The molecule has 0 atom stereocenters. The fourth-order valence-corrected chi connectivity index (χ4v) is 1.19. The molecule has 0 unspecified atom stereocenters. The molecule has 0 fully saturated rings. The van der Waals surface area contributed by atoms with E-state index >= 15 is 0 Å². The molecule has 2 rings (SSSR count). The van der Waals surface area contributed by atoms with Crippen molar-refractivity contribution in [3.05, 3.63) is 71.8 Å². The van der Waals surface area contributed by atoms with Gasteiger partial charge in [-0.2, -0.15) is 0 Å². The first-order valence-corrected chi connectivity index (χ1v) is 5.43. The highest BCUT2D eigenvalue weighted by molar-refractivity contribution is 7.78. The maximum absolute atomic E-state index is 5.77. The largest absolute Gasteiger partial charge is 0.248 e. The van der Waals surface area contributed by atoms with Crippen LogP contribution in [0.25, 0.3) is 0 Å². The molecule has 0 amide bonds. The second-order valence-electron chi connectivity index (χ2n) is 3.08. The second kappa shape index (κ2) is 8.01. The topological polar surface area (TPSA) is 23.9 Å². The fraction of sp³-hybridized carbons (Fsp3) is 0. The van der Waals surface area contributed by atoms with Gasteiger partial charge in [0.2, 0.25) is 0 Å². The molecule has 17 heavy (non-hydrogen) atoms. The van der Waals surface area contributed by atoms with Crippen molar-refractivity contribution >= 4 is 17.4 Å². The van der Waals surface area contributed by atoms with Gasteiger partial charge in [-0.1, -0.05) is 48.2 Å². The average Bonchev–Trinajstić information content (AvgIpc) is 2.40. The van der Waals surface area contributed by atoms with Gasteiger partial charge in [0, 0.05) is 11.1 Å². The molecule has 0 spiro atoms. The Kier molecular flexibility index (Phi) is 6.06. The summed E-state index contributed by atoms with van der Waals surface area (Å²) in [4.78, 5) is 0. The van der Waals surface area contributed by atoms with E-state index in [0.717, 1.165) is 11.1 Å². The van der Waals surface area contributed by atoms with E-state index in [1.54, 1.807) is 5.16 Å². The van der Waals surface area contributed by atoms with E-state index < -0.39 is 0 Å². The summed E-state index contributed by atoms with van der Waals surface area (Å²) in [7, 11) is 0. The van der Waals surface area contributed by atoms with Crippen LogP contribution in [0.4, 0.5) is 0 Å². The molecule has 0 aliphatic rings. The van der Waals surface area contributed by atoms with Crippen LogP contribution in [0.3, 0.4) is 0 Å². The third-order valence-corrected chi connectivity index (χ3v) is 1.90. The van der Waals surface area contributed by atoms with Gasteiger partial charge in [-0.05, 0) is 36.5 Å². The van der Waals surface area contributed by atoms with Crippen molar-refractivity contribution in [1.82, 2.24) is 0 Å². The van der Waals surface area contributed by atoms with Gasteiger partial charge in [-0.15, -0.1) is 0 Å². The maximum Gasteiger partial charge on any atom is 0.0554 e. The molecule has 82 valence electrons. The van der Waals surface area contributed by atoms with Crippen molar-refractivity contribution in [2.24, 2.45) is 0 Å². The molecular formula is C15H11NS. The van der Waals surface area contributed by atoms with E-state index in [2.05, 4.69) is 24.1 Å². The van der Waals surface area contributed by atoms with Crippen LogP contribution in [0.1, 0.15) is 11.1 Å². The van der Waals surface area contributed by atoms with Crippen LogP contribution in [-0.2, 0) is 0 Å². The predicted molar refractivity (Wildman–Crippen MR) is 74.2 cm³/mol. The maximum atomic E-state index is 5.77. The van der Waals surface area contributed by atoms with E-state index in [-0.39, 0.29) is 0 Å². The van der Waals surface area contributed by atoms with Gasteiger partial charge in [-0.25, -0.2) is 5.41 Å². The molecule has 1 N–H and O–H groups in total. The molecule has 0 aromatic heterocycles. The van der Waals surface area contributed by atoms with Crippen LogP contribution in [-0.4, -0.2) is 5.16 Å². The Labute approximate surface area is 107 Å². The Bertz CT molecular complexity index is 486. The van der Waals surface area contributed by atoms with Crippen molar-refractivity contribution < 1.29 is 0 Å². The molecule has 0 saturated carbocycles. The van der Waals surface area contributed by atoms with Gasteiger partial charge in [-0.3, -0.25) is 0 Å². The highest BCUT2D eigenvalue weighted by Gasteiger charge is 1.83. The summed E-state index contributed by atoms with van der Waals surface area (Å²) in [6.45, 7) is 0. The number of hydrogen-bond donors (Lipinski definition) is 1. The standard InChI is InChI=1S/C14H10.CHNS/c1-3-7-13(8-4-1)11-12-14-9-5-2-6-10-14;2-1-3/h1-10H;2H. The fourth-order valence-electron chi connectivity index (χ4n) is 1.19. The zero-order valence-corrected chi connectivity index (χ0v) is 10.00. The molecule has 2 aromatic carbocycles. The van der Waals surface area contributed by atoms with E-state index in [1.165, 1.54) is 0 Å². The van der Waals surface area contributed by atoms with Crippen molar-refractivity contribution in [2.75, 3.05) is 0 Å². The van der Waals surface area contributed by atoms with Gasteiger partial charge in [0.25, 0.3) is 0 Å². The molecular weight excluding hydrogens is 226 g/mol. The van der Waals surface area contributed by atoms with Gasteiger partial charge < -0.3 is 0 Å². The smallest absolute Gasteiger partial charge is 0.0554 e.